The van der Waals surface area contributed by atoms with Gasteiger partial charge in [0.05, 0.1) is 19.8 Å². The van der Waals surface area contributed by atoms with E-state index in [1.165, 1.54) is 4.31 Å². The van der Waals surface area contributed by atoms with Crippen LogP contribution in [0.1, 0.15) is 52.5 Å². The van der Waals surface area contributed by atoms with E-state index in [1.54, 1.807) is 12.1 Å². The molecule has 1 heterocycles. The molecule has 0 aromatic heterocycles. The fourth-order valence-electron chi connectivity index (χ4n) is 2.76. The summed E-state index contributed by atoms with van der Waals surface area (Å²) in [5.41, 5.74) is 0.857. The van der Waals surface area contributed by atoms with E-state index < -0.39 is 10.0 Å². The molecule has 1 aliphatic heterocycles. The van der Waals surface area contributed by atoms with Crippen LogP contribution in [0.25, 0.3) is 0 Å². The Morgan fingerprint density at radius 3 is 2.44 bits per heavy atom. The Bertz CT molecular complexity index is 658. The van der Waals surface area contributed by atoms with Crippen LogP contribution in [0.15, 0.2) is 23.1 Å². The highest BCUT2D eigenvalue weighted by atomic mass is 32.2. The van der Waals surface area contributed by atoms with Crippen LogP contribution >= 0.6 is 0 Å². The number of hydrogen-bond donors (Lipinski definition) is 0. The highest BCUT2D eigenvalue weighted by molar-refractivity contribution is 7.89. The highest BCUT2D eigenvalue weighted by Crippen LogP contribution is 2.33. The van der Waals surface area contributed by atoms with E-state index >= 15 is 0 Å². The van der Waals surface area contributed by atoms with E-state index in [2.05, 4.69) is 27.7 Å². The van der Waals surface area contributed by atoms with Gasteiger partial charge in [-0.3, -0.25) is 0 Å². The van der Waals surface area contributed by atoms with Crippen LogP contribution in [0.5, 0.6) is 5.75 Å². The lowest BCUT2D eigenvalue weighted by Gasteiger charge is -2.28. The number of unbranched alkanes of at least 4 members (excludes halogenated alkanes) is 2. The summed E-state index contributed by atoms with van der Waals surface area (Å²) >= 11 is 0. The molecule has 0 N–H and O–H groups in total. The molecule has 142 valence electrons. The van der Waals surface area contributed by atoms with Gasteiger partial charge in [0, 0.05) is 13.1 Å². The molecular weight excluding hydrogens is 338 g/mol. The molecule has 1 aromatic rings. The third-order valence-electron chi connectivity index (χ3n) is 4.40. The van der Waals surface area contributed by atoms with Crippen molar-refractivity contribution in [1.29, 1.82) is 0 Å². The van der Waals surface area contributed by atoms with Crippen molar-refractivity contribution in [2.75, 3.05) is 32.9 Å². The van der Waals surface area contributed by atoms with Crippen molar-refractivity contribution < 1.29 is 17.9 Å². The minimum absolute atomic E-state index is 0.129. The maximum absolute atomic E-state index is 13.2. The van der Waals surface area contributed by atoms with Gasteiger partial charge in [0.2, 0.25) is 10.0 Å². The van der Waals surface area contributed by atoms with Crippen LogP contribution in [0.4, 0.5) is 0 Å². The first-order chi connectivity index (χ1) is 11.8. The van der Waals surface area contributed by atoms with Crippen molar-refractivity contribution in [3.05, 3.63) is 23.8 Å². The fraction of sp³-hybridized carbons (Fsp3) is 0.684. The van der Waals surface area contributed by atoms with Gasteiger partial charge >= 0.3 is 0 Å². The molecule has 0 atom stereocenters. The van der Waals surface area contributed by atoms with Crippen LogP contribution < -0.4 is 4.74 Å². The summed E-state index contributed by atoms with van der Waals surface area (Å²) < 4.78 is 39.0. The van der Waals surface area contributed by atoms with Gasteiger partial charge in [-0.1, -0.05) is 46.6 Å². The molecule has 6 heteroatoms. The monoisotopic (exact) mass is 369 g/mol. The second-order valence-corrected chi connectivity index (χ2v) is 9.39. The summed E-state index contributed by atoms with van der Waals surface area (Å²) in [6.07, 6.45) is 3.10. The largest absolute Gasteiger partial charge is 0.492 e. The molecule has 1 fully saturated rings. The zero-order chi connectivity index (χ0) is 18.5. The summed E-state index contributed by atoms with van der Waals surface area (Å²) in [6, 6.07) is 5.55. The summed E-state index contributed by atoms with van der Waals surface area (Å²) in [6.45, 7) is 10.5. The average molecular weight is 370 g/mol. The number of rotatable bonds is 7. The maximum Gasteiger partial charge on any atom is 0.246 e. The summed E-state index contributed by atoms with van der Waals surface area (Å²) in [4.78, 5) is 0.276. The zero-order valence-electron chi connectivity index (χ0n) is 15.9. The number of morpholine rings is 1. The van der Waals surface area contributed by atoms with E-state index in [0.29, 0.717) is 38.7 Å². The minimum atomic E-state index is -3.59. The van der Waals surface area contributed by atoms with Crippen molar-refractivity contribution in [2.45, 2.75) is 57.3 Å². The Kier molecular flexibility index (Phi) is 6.88. The Hall–Kier alpha value is -1.11. The normalized spacial score (nSPS) is 16.8. The molecule has 2 rings (SSSR count). The third-order valence-corrected chi connectivity index (χ3v) is 6.32. The van der Waals surface area contributed by atoms with Crippen molar-refractivity contribution in [2.24, 2.45) is 0 Å². The van der Waals surface area contributed by atoms with Gasteiger partial charge in [0.15, 0.2) is 0 Å². The molecule has 0 saturated carbocycles. The lowest BCUT2D eigenvalue weighted by molar-refractivity contribution is 0.0729. The lowest BCUT2D eigenvalue weighted by atomic mass is 9.87. The number of benzene rings is 1. The number of ether oxygens (including phenoxy) is 2. The predicted molar refractivity (Wildman–Crippen MR) is 99.7 cm³/mol. The standard InChI is InChI=1S/C19H31NO4S/c1-5-6-7-12-24-17-9-8-16(19(2,3)4)15-18(17)25(21,22)20-10-13-23-14-11-20/h8-9,15H,5-7,10-14H2,1-4H3. The quantitative estimate of drug-likeness (QED) is 0.690. The number of hydrogen-bond acceptors (Lipinski definition) is 4. The van der Waals surface area contributed by atoms with Gasteiger partial charge in [-0.25, -0.2) is 8.42 Å². The van der Waals surface area contributed by atoms with E-state index in [1.807, 2.05) is 6.07 Å². The van der Waals surface area contributed by atoms with Crippen molar-refractivity contribution in [3.8, 4) is 5.75 Å². The Labute approximate surface area is 152 Å². The topological polar surface area (TPSA) is 55.8 Å². The van der Waals surface area contributed by atoms with Crippen LogP contribution in [-0.4, -0.2) is 45.6 Å². The van der Waals surface area contributed by atoms with E-state index in [0.717, 1.165) is 24.8 Å². The SMILES string of the molecule is CCCCCOc1ccc(C(C)(C)C)cc1S(=O)(=O)N1CCOCC1. The summed E-state index contributed by atoms with van der Waals surface area (Å²) in [5, 5.41) is 0. The fourth-order valence-corrected chi connectivity index (χ4v) is 4.32. The summed E-state index contributed by atoms with van der Waals surface area (Å²) in [5.74, 6) is 0.454. The van der Waals surface area contributed by atoms with Crippen LogP contribution in [-0.2, 0) is 20.2 Å². The Morgan fingerprint density at radius 2 is 1.84 bits per heavy atom. The lowest BCUT2D eigenvalue weighted by Crippen LogP contribution is -2.40. The van der Waals surface area contributed by atoms with Crippen molar-refractivity contribution in [1.82, 2.24) is 4.31 Å². The number of nitrogens with zero attached hydrogens (tertiary/aromatic N) is 1. The highest BCUT2D eigenvalue weighted by Gasteiger charge is 2.30. The van der Waals surface area contributed by atoms with Gasteiger partial charge in [0.25, 0.3) is 0 Å². The smallest absolute Gasteiger partial charge is 0.246 e. The van der Waals surface area contributed by atoms with Gasteiger partial charge in [0.1, 0.15) is 10.6 Å². The predicted octanol–water partition coefficient (Wildman–Crippen LogP) is 3.57. The average Bonchev–Trinajstić information content (AvgIpc) is 2.58. The first-order valence-electron chi connectivity index (χ1n) is 9.12. The van der Waals surface area contributed by atoms with Crippen molar-refractivity contribution >= 4 is 10.0 Å². The second kappa shape index (κ2) is 8.52. The van der Waals surface area contributed by atoms with Crippen molar-refractivity contribution in [3.63, 3.8) is 0 Å². The molecule has 25 heavy (non-hydrogen) atoms. The minimum Gasteiger partial charge on any atom is -0.492 e. The zero-order valence-corrected chi connectivity index (χ0v) is 16.7. The Balaban J connectivity index is 2.36. The molecule has 0 aliphatic carbocycles. The molecule has 0 amide bonds. The van der Waals surface area contributed by atoms with Crippen LogP contribution in [0.3, 0.4) is 0 Å². The van der Waals surface area contributed by atoms with E-state index in [-0.39, 0.29) is 10.3 Å². The molecule has 0 bridgehead atoms. The molecule has 0 spiro atoms. The van der Waals surface area contributed by atoms with E-state index in [9.17, 15) is 8.42 Å². The van der Waals surface area contributed by atoms with Gasteiger partial charge in [-0.05, 0) is 29.5 Å². The van der Waals surface area contributed by atoms with Crippen LogP contribution in [0.2, 0.25) is 0 Å². The van der Waals surface area contributed by atoms with Gasteiger partial charge in [-0.2, -0.15) is 4.31 Å². The molecule has 1 aromatic carbocycles. The molecule has 1 saturated heterocycles. The number of sulfonamides is 1. The first kappa shape index (κ1) is 20.2. The van der Waals surface area contributed by atoms with Gasteiger partial charge in [-0.15, -0.1) is 0 Å². The molecule has 0 unspecified atom stereocenters. The second-order valence-electron chi connectivity index (χ2n) is 7.48. The van der Waals surface area contributed by atoms with E-state index in [4.69, 9.17) is 9.47 Å². The molecule has 1 aliphatic rings. The first-order valence-corrected chi connectivity index (χ1v) is 10.6. The van der Waals surface area contributed by atoms with Crippen LogP contribution in [0, 0.1) is 0 Å². The third kappa shape index (κ3) is 5.19. The Morgan fingerprint density at radius 1 is 1.16 bits per heavy atom. The van der Waals surface area contributed by atoms with Gasteiger partial charge < -0.3 is 9.47 Å². The maximum atomic E-state index is 13.2. The molecule has 5 nitrogen and oxygen atoms in total. The molecular formula is C19H31NO4S. The summed E-state index contributed by atoms with van der Waals surface area (Å²) in [7, 11) is -3.59. The molecule has 0 radical (unpaired) electrons.